The van der Waals surface area contributed by atoms with Crippen molar-refractivity contribution in [2.24, 2.45) is 11.8 Å². The minimum Gasteiger partial charge on any atom is -0.377 e. The van der Waals surface area contributed by atoms with Gasteiger partial charge in [0.2, 0.25) is 0 Å². The number of carbonyl (C=O) groups is 1. The molecule has 6 heteroatoms. The summed E-state index contributed by atoms with van der Waals surface area (Å²) >= 11 is 0. The number of hydrogen-bond donors (Lipinski definition) is 0. The molecule has 3 aliphatic rings. The molecule has 3 heterocycles. The van der Waals surface area contributed by atoms with Gasteiger partial charge < -0.3 is 4.74 Å². The standard InChI is InChI=1S/C18H23FN2O3/c19-14-4-2-13(3-5-14)10-20-11-16(15-6-9-23-17(15)12-20)18(22)21-7-1-8-24-21/h2-5,15-17H,1,6-12H2/t15-,16-,17+/m0/s1. The molecule has 0 bridgehead atoms. The van der Waals surface area contributed by atoms with Gasteiger partial charge in [-0.15, -0.1) is 0 Å². The zero-order chi connectivity index (χ0) is 16.5. The lowest BCUT2D eigenvalue weighted by Crippen LogP contribution is -2.52. The number of amides is 1. The Morgan fingerprint density at radius 3 is 2.79 bits per heavy atom. The summed E-state index contributed by atoms with van der Waals surface area (Å²) in [4.78, 5) is 20.6. The van der Waals surface area contributed by atoms with Gasteiger partial charge in [0.05, 0.1) is 25.2 Å². The highest BCUT2D eigenvalue weighted by Crippen LogP contribution is 2.35. The van der Waals surface area contributed by atoms with Crippen LogP contribution in [0.1, 0.15) is 18.4 Å². The molecule has 0 unspecified atom stereocenters. The van der Waals surface area contributed by atoms with Crippen molar-refractivity contribution in [3.05, 3.63) is 35.6 Å². The maximum absolute atomic E-state index is 13.1. The molecule has 0 saturated carbocycles. The van der Waals surface area contributed by atoms with E-state index in [1.54, 1.807) is 17.2 Å². The normalized spacial score (nSPS) is 30.5. The number of fused-ring (bicyclic) bond motifs is 1. The Morgan fingerprint density at radius 2 is 2.04 bits per heavy atom. The van der Waals surface area contributed by atoms with Gasteiger partial charge in [-0.05, 0) is 30.5 Å². The van der Waals surface area contributed by atoms with Gasteiger partial charge in [0, 0.05) is 32.2 Å². The number of likely N-dealkylation sites (tertiary alicyclic amines) is 1. The molecule has 3 aliphatic heterocycles. The molecule has 3 atom stereocenters. The molecule has 5 nitrogen and oxygen atoms in total. The second kappa shape index (κ2) is 6.78. The minimum atomic E-state index is -0.226. The van der Waals surface area contributed by atoms with Crippen LogP contribution < -0.4 is 0 Å². The Hall–Kier alpha value is -1.50. The number of ether oxygens (including phenoxy) is 1. The summed E-state index contributed by atoms with van der Waals surface area (Å²) in [5.41, 5.74) is 1.05. The second-order valence-corrected chi connectivity index (χ2v) is 6.92. The smallest absolute Gasteiger partial charge is 0.250 e. The van der Waals surface area contributed by atoms with E-state index >= 15 is 0 Å². The third-order valence-corrected chi connectivity index (χ3v) is 5.31. The predicted molar refractivity (Wildman–Crippen MR) is 85.3 cm³/mol. The van der Waals surface area contributed by atoms with Gasteiger partial charge in [-0.1, -0.05) is 12.1 Å². The first-order valence-electron chi connectivity index (χ1n) is 8.73. The third-order valence-electron chi connectivity index (χ3n) is 5.31. The van der Waals surface area contributed by atoms with Gasteiger partial charge in [0.1, 0.15) is 5.82 Å². The molecule has 3 fully saturated rings. The Balaban J connectivity index is 1.48. The minimum absolute atomic E-state index is 0.0789. The summed E-state index contributed by atoms with van der Waals surface area (Å²) in [6.45, 7) is 4.28. The molecule has 0 N–H and O–H groups in total. The lowest BCUT2D eigenvalue weighted by molar-refractivity contribution is -0.179. The van der Waals surface area contributed by atoms with Crippen LogP contribution in [0.15, 0.2) is 24.3 Å². The number of piperidine rings is 1. The van der Waals surface area contributed by atoms with E-state index < -0.39 is 0 Å². The molecule has 1 amide bonds. The van der Waals surface area contributed by atoms with Crippen LogP contribution >= 0.6 is 0 Å². The molecule has 4 rings (SSSR count). The predicted octanol–water partition coefficient (Wildman–Crippen LogP) is 1.83. The highest BCUT2D eigenvalue weighted by molar-refractivity contribution is 5.79. The first-order chi connectivity index (χ1) is 11.7. The fourth-order valence-electron chi connectivity index (χ4n) is 4.10. The van der Waals surface area contributed by atoms with E-state index in [0.29, 0.717) is 26.2 Å². The molecule has 130 valence electrons. The summed E-state index contributed by atoms with van der Waals surface area (Å²) in [5.74, 6) is 0.0728. The summed E-state index contributed by atoms with van der Waals surface area (Å²) in [6.07, 6.45) is 1.96. The Bertz CT molecular complexity index is 588. The Morgan fingerprint density at radius 1 is 1.21 bits per heavy atom. The number of hydroxylamine groups is 2. The van der Waals surface area contributed by atoms with Gasteiger partial charge in [-0.3, -0.25) is 14.5 Å². The molecule has 1 aromatic carbocycles. The Kier molecular flexibility index (Phi) is 4.52. The fourth-order valence-corrected chi connectivity index (χ4v) is 4.10. The molecule has 1 aromatic rings. The van der Waals surface area contributed by atoms with E-state index in [2.05, 4.69) is 4.90 Å². The van der Waals surface area contributed by atoms with Crippen LogP contribution in [0.2, 0.25) is 0 Å². The van der Waals surface area contributed by atoms with Crippen LogP contribution in [0.5, 0.6) is 0 Å². The largest absolute Gasteiger partial charge is 0.377 e. The van der Waals surface area contributed by atoms with Gasteiger partial charge >= 0.3 is 0 Å². The van der Waals surface area contributed by atoms with Crippen molar-refractivity contribution in [2.75, 3.05) is 32.8 Å². The van der Waals surface area contributed by atoms with E-state index in [-0.39, 0.29) is 29.7 Å². The van der Waals surface area contributed by atoms with Crippen LogP contribution in [0.3, 0.4) is 0 Å². The molecule has 0 spiro atoms. The summed E-state index contributed by atoms with van der Waals surface area (Å²) in [6, 6.07) is 6.57. The van der Waals surface area contributed by atoms with Crippen molar-refractivity contribution >= 4 is 5.91 Å². The molecular weight excluding hydrogens is 311 g/mol. The van der Waals surface area contributed by atoms with Crippen LogP contribution in [-0.2, 0) is 20.9 Å². The van der Waals surface area contributed by atoms with Gasteiger partial charge in [0.15, 0.2) is 0 Å². The number of halogens is 1. The van der Waals surface area contributed by atoms with Crippen molar-refractivity contribution in [2.45, 2.75) is 25.5 Å². The lowest BCUT2D eigenvalue weighted by atomic mass is 9.82. The average Bonchev–Trinajstić information content (AvgIpc) is 3.27. The van der Waals surface area contributed by atoms with Gasteiger partial charge in [-0.25, -0.2) is 9.45 Å². The van der Waals surface area contributed by atoms with Crippen LogP contribution in [-0.4, -0.2) is 54.8 Å². The molecule has 3 saturated heterocycles. The average molecular weight is 334 g/mol. The molecule has 0 aliphatic carbocycles. The zero-order valence-corrected chi connectivity index (χ0v) is 13.7. The molecule has 0 radical (unpaired) electrons. The maximum Gasteiger partial charge on any atom is 0.250 e. The Labute approximate surface area is 141 Å². The number of hydrogen-bond acceptors (Lipinski definition) is 4. The van der Waals surface area contributed by atoms with Crippen molar-refractivity contribution in [3.63, 3.8) is 0 Å². The van der Waals surface area contributed by atoms with Crippen molar-refractivity contribution < 1.29 is 18.8 Å². The highest BCUT2D eigenvalue weighted by Gasteiger charge is 2.45. The highest BCUT2D eigenvalue weighted by atomic mass is 19.1. The fraction of sp³-hybridized carbons (Fsp3) is 0.611. The SMILES string of the molecule is O=C([C@H]1CN(Cc2ccc(F)cc2)C[C@H]2OCC[C@@H]12)N1CCCO1. The summed E-state index contributed by atoms with van der Waals surface area (Å²) in [5, 5.41) is 1.54. The summed E-state index contributed by atoms with van der Waals surface area (Å²) in [7, 11) is 0. The van der Waals surface area contributed by atoms with Crippen LogP contribution in [0.4, 0.5) is 4.39 Å². The van der Waals surface area contributed by atoms with E-state index in [4.69, 9.17) is 9.57 Å². The van der Waals surface area contributed by atoms with Gasteiger partial charge in [0.25, 0.3) is 5.91 Å². The quantitative estimate of drug-likeness (QED) is 0.846. The first-order valence-corrected chi connectivity index (χ1v) is 8.73. The topological polar surface area (TPSA) is 42.0 Å². The first kappa shape index (κ1) is 16.0. The number of rotatable bonds is 3. The number of nitrogens with zero attached hydrogens (tertiary/aromatic N) is 2. The zero-order valence-electron chi connectivity index (χ0n) is 13.7. The number of benzene rings is 1. The molecule has 0 aromatic heterocycles. The van der Waals surface area contributed by atoms with Gasteiger partial charge in [-0.2, -0.15) is 0 Å². The van der Waals surface area contributed by atoms with Crippen LogP contribution in [0.25, 0.3) is 0 Å². The second-order valence-electron chi connectivity index (χ2n) is 6.92. The van der Waals surface area contributed by atoms with E-state index in [0.717, 1.165) is 31.6 Å². The van der Waals surface area contributed by atoms with Crippen molar-refractivity contribution in [3.8, 4) is 0 Å². The van der Waals surface area contributed by atoms with Crippen molar-refractivity contribution in [1.29, 1.82) is 0 Å². The van der Waals surface area contributed by atoms with Crippen molar-refractivity contribution in [1.82, 2.24) is 9.96 Å². The van der Waals surface area contributed by atoms with E-state index in [1.807, 2.05) is 0 Å². The van der Waals surface area contributed by atoms with E-state index in [9.17, 15) is 9.18 Å². The molecule has 24 heavy (non-hydrogen) atoms. The lowest BCUT2D eigenvalue weighted by Gasteiger charge is -2.40. The van der Waals surface area contributed by atoms with Crippen LogP contribution in [0, 0.1) is 17.7 Å². The maximum atomic E-state index is 13.1. The summed E-state index contributed by atoms with van der Waals surface area (Å²) < 4.78 is 19.0. The van der Waals surface area contributed by atoms with E-state index in [1.165, 1.54) is 12.1 Å². The number of carbonyl (C=O) groups excluding carboxylic acids is 1. The monoisotopic (exact) mass is 334 g/mol. The molecular formula is C18H23FN2O3. The third kappa shape index (κ3) is 3.18.